The molecule has 0 N–H and O–H groups in total. The Bertz CT molecular complexity index is 1280. The number of hydrogen-bond acceptors (Lipinski definition) is 6. The van der Waals surface area contributed by atoms with Crippen LogP contribution in [-0.2, 0) is 28.6 Å². The monoisotopic (exact) mass is 1160 g/mol. The van der Waals surface area contributed by atoms with Crippen LogP contribution in [0.25, 0.3) is 0 Å². The normalized spacial score (nSPS) is 12.0. The third-order valence-corrected chi connectivity index (χ3v) is 17.5. The molecule has 0 amide bonds. The molecule has 6 nitrogen and oxygen atoms in total. The maximum absolute atomic E-state index is 12.9. The van der Waals surface area contributed by atoms with Crippen LogP contribution in [-0.4, -0.2) is 37.2 Å². The molecule has 0 aliphatic carbocycles. The molecule has 0 aliphatic heterocycles. The molecule has 0 radical (unpaired) electrons. The van der Waals surface area contributed by atoms with Crippen molar-refractivity contribution in [2.75, 3.05) is 13.2 Å². The molecule has 0 aromatic heterocycles. The Hall–Kier alpha value is -1.85. The van der Waals surface area contributed by atoms with E-state index in [0.29, 0.717) is 19.3 Å². The smallest absolute Gasteiger partial charge is 0.306 e. The van der Waals surface area contributed by atoms with Crippen molar-refractivity contribution >= 4 is 17.9 Å². The second-order valence-corrected chi connectivity index (χ2v) is 25.9. The Labute approximate surface area is 513 Å². The zero-order chi connectivity index (χ0) is 59.2. The molecule has 6 heteroatoms. The van der Waals surface area contributed by atoms with Crippen molar-refractivity contribution in [3.05, 3.63) is 12.2 Å². The molecule has 0 aromatic carbocycles. The first-order valence-electron chi connectivity index (χ1n) is 37.7. The number of carbonyl (C=O) groups excluding carboxylic acids is 3. The topological polar surface area (TPSA) is 78.9 Å². The van der Waals surface area contributed by atoms with Gasteiger partial charge in [0.1, 0.15) is 13.2 Å². The number of ether oxygens (including phenoxy) is 3. The number of rotatable bonds is 71. The van der Waals surface area contributed by atoms with Crippen LogP contribution < -0.4 is 0 Å². The minimum absolute atomic E-state index is 0.0630. The van der Waals surface area contributed by atoms with E-state index in [-0.39, 0.29) is 31.1 Å². The average Bonchev–Trinajstić information content (AvgIpc) is 3.48. The molecule has 0 fully saturated rings. The molecule has 0 aliphatic rings. The third kappa shape index (κ3) is 68.9. The van der Waals surface area contributed by atoms with Crippen molar-refractivity contribution in [2.24, 2.45) is 0 Å². The first-order valence-corrected chi connectivity index (χ1v) is 37.7. The van der Waals surface area contributed by atoms with E-state index in [1.807, 2.05) is 0 Å². The molecular formula is C76H146O6. The fourth-order valence-corrected chi connectivity index (χ4v) is 11.9. The molecule has 82 heavy (non-hydrogen) atoms. The third-order valence-electron chi connectivity index (χ3n) is 17.5. The number of allylic oxidation sites excluding steroid dienone is 2. The molecule has 1 unspecified atom stereocenters. The standard InChI is InChI=1S/C76H146O6/c1-4-7-10-13-16-19-21-23-25-27-29-31-33-35-36-37-38-39-41-42-44-46-48-50-52-54-57-60-63-66-69-75(78)81-72-73(71-80-74(77)68-65-62-59-56-18-15-12-9-6-3)82-76(79)70-67-64-61-58-55-53-51-49-47-45-43-40-34-32-30-28-26-24-22-20-17-14-11-8-5-2/h28,30,73H,4-27,29,31-72H2,1-3H3/b30-28-. The summed E-state index contributed by atoms with van der Waals surface area (Å²) in [6.07, 6.45) is 87.1. The van der Waals surface area contributed by atoms with Crippen molar-refractivity contribution in [3.63, 3.8) is 0 Å². The highest BCUT2D eigenvalue weighted by atomic mass is 16.6. The first kappa shape index (κ1) is 80.2. The highest BCUT2D eigenvalue weighted by Gasteiger charge is 2.20. The van der Waals surface area contributed by atoms with Crippen LogP contribution in [0, 0.1) is 0 Å². The summed E-state index contributed by atoms with van der Waals surface area (Å²) in [4.78, 5) is 38.3. The van der Waals surface area contributed by atoms with E-state index in [0.717, 1.165) is 57.8 Å². The van der Waals surface area contributed by atoms with Crippen LogP contribution in [0.2, 0.25) is 0 Å². The summed E-state index contributed by atoms with van der Waals surface area (Å²) in [5.41, 5.74) is 0. The maximum atomic E-state index is 12.9. The highest BCUT2D eigenvalue weighted by Crippen LogP contribution is 2.20. The van der Waals surface area contributed by atoms with Gasteiger partial charge in [0, 0.05) is 19.3 Å². The van der Waals surface area contributed by atoms with Crippen LogP contribution in [0.1, 0.15) is 438 Å². The second kappa shape index (κ2) is 71.6. The van der Waals surface area contributed by atoms with Gasteiger partial charge in [-0.3, -0.25) is 14.4 Å². The summed E-state index contributed by atoms with van der Waals surface area (Å²) in [5, 5.41) is 0. The quantitative estimate of drug-likeness (QED) is 0.0261. The van der Waals surface area contributed by atoms with Crippen LogP contribution in [0.4, 0.5) is 0 Å². The van der Waals surface area contributed by atoms with E-state index in [2.05, 4.69) is 32.9 Å². The Kier molecular flexibility index (Phi) is 70.0. The van der Waals surface area contributed by atoms with Crippen molar-refractivity contribution in [3.8, 4) is 0 Å². The largest absolute Gasteiger partial charge is 0.462 e. The highest BCUT2D eigenvalue weighted by molar-refractivity contribution is 5.71. The number of carbonyl (C=O) groups is 3. The fourth-order valence-electron chi connectivity index (χ4n) is 11.9. The number of unbranched alkanes of at least 4 members (excludes halogenated alkanes) is 58. The number of hydrogen-bond donors (Lipinski definition) is 0. The van der Waals surface area contributed by atoms with Crippen molar-refractivity contribution in [1.29, 1.82) is 0 Å². The van der Waals surface area contributed by atoms with Gasteiger partial charge in [-0.15, -0.1) is 0 Å². The van der Waals surface area contributed by atoms with Gasteiger partial charge >= 0.3 is 17.9 Å². The summed E-state index contributed by atoms with van der Waals surface area (Å²) < 4.78 is 17.0. The SMILES string of the molecule is CCCCCCCCCC/C=C\CCCCCCCCCCCCCCCC(=O)OC(COC(=O)CCCCCCCCCCC)COC(=O)CCCCCCCCCCCCCCCCCCCCCCCCCCCCCCCC. The van der Waals surface area contributed by atoms with Gasteiger partial charge in [-0.2, -0.15) is 0 Å². The van der Waals surface area contributed by atoms with E-state index in [1.54, 1.807) is 0 Å². The van der Waals surface area contributed by atoms with Crippen molar-refractivity contribution in [1.82, 2.24) is 0 Å². The van der Waals surface area contributed by atoms with Crippen LogP contribution in [0.3, 0.4) is 0 Å². The predicted molar refractivity (Wildman–Crippen MR) is 358 cm³/mol. The maximum Gasteiger partial charge on any atom is 0.306 e. The van der Waals surface area contributed by atoms with Gasteiger partial charge in [-0.1, -0.05) is 386 Å². The zero-order valence-electron chi connectivity index (χ0n) is 56.1. The Morgan fingerprint density at radius 1 is 0.232 bits per heavy atom. The summed E-state index contributed by atoms with van der Waals surface area (Å²) in [6, 6.07) is 0. The van der Waals surface area contributed by atoms with Gasteiger partial charge < -0.3 is 14.2 Å². The van der Waals surface area contributed by atoms with Gasteiger partial charge in [0.2, 0.25) is 0 Å². The molecule has 0 bridgehead atoms. The van der Waals surface area contributed by atoms with Gasteiger partial charge in [0.15, 0.2) is 6.10 Å². The summed E-state index contributed by atoms with van der Waals surface area (Å²) >= 11 is 0. The molecule has 0 saturated heterocycles. The number of esters is 3. The van der Waals surface area contributed by atoms with Crippen LogP contribution in [0.15, 0.2) is 12.2 Å². The molecular weight excluding hydrogens is 1010 g/mol. The molecule has 0 spiro atoms. The van der Waals surface area contributed by atoms with Gasteiger partial charge in [0.25, 0.3) is 0 Å². The molecule has 486 valence electrons. The lowest BCUT2D eigenvalue weighted by molar-refractivity contribution is -0.167. The molecule has 0 aromatic rings. The minimum atomic E-state index is -0.765. The van der Waals surface area contributed by atoms with Gasteiger partial charge in [0.05, 0.1) is 0 Å². The first-order chi connectivity index (χ1) is 40.5. The van der Waals surface area contributed by atoms with Crippen molar-refractivity contribution in [2.45, 2.75) is 444 Å². The van der Waals surface area contributed by atoms with E-state index in [4.69, 9.17) is 14.2 Å². The predicted octanol–water partition coefficient (Wildman–Crippen LogP) is 26.0. The second-order valence-electron chi connectivity index (χ2n) is 25.9. The summed E-state index contributed by atoms with van der Waals surface area (Å²) in [7, 11) is 0. The molecule has 0 saturated carbocycles. The Balaban J connectivity index is 4.04. The lowest BCUT2D eigenvalue weighted by Crippen LogP contribution is -2.30. The average molecular weight is 1160 g/mol. The van der Waals surface area contributed by atoms with Gasteiger partial charge in [-0.25, -0.2) is 0 Å². The summed E-state index contributed by atoms with van der Waals surface area (Å²) in [5.74, 6) is -0.831. The van der Waals surface area contributed by atoms with E-state index >= 15 is 0 Å². The molecule has 1 atom stereocenters. The molecule has 0 heterocycles. The Morgan fingerprint density at radius 3 is 0.610 bits per heavy atom. The molecule has 0 rings (SSSR count). The summed E-state index contributed by atoms with van der Waals surface area (Å²) in [6.45, 7) is 6.71. The van der Waals surface area contributed by atoms with Crippen molar-refractivity contribution < 1.29 is 28.6 Å². The van der Waals surface area contributed by atoms with Crippen LogP contribution >= 0.6 is 0 Å². The zero-order valence-corrected chi connectivity index (χ0v) is 56.1. The van der Waals surface area contributed by atoms with Gasteiger partial charge in [-0.05, 0) is 44.9 Å². The fraction of sp³-hybridized carbons (Fsp3) is 0.934. The van der Waals surface area contributed by atoms with E-state index in [1.165, 1.54) is 340 Å². The lowest BCUT2D eigenvalue weighted by atomic mass is 10.0. The van der Waals surface area contributed by atoms with E-state index in [9.17, 15) is 14.4 Å². The minimum Gasteiger partial charge on any atom is -0.462 e. The Morgan fingerprint density at radius 2 is 0.402 bits per heavy atom. The lowest BCUT2D eigenvalue weighted by Gasteiger charge is -2.18. The van der Waals surface area contributed by atoms with Crippen LogP contribution in [0.5, 0.6) is 0 Å². The van der Waals surface area contributed by atoms with E-state index < -0.39 is 6.10 Å².